The molecule has 0 radical (unpaired) electrons. The summed E-state index contributed by atoms with van der Waals surface area (Å²) in [6, 6.07) is 12.3. The number of amides is 1. The van der Waals surface area contributed by atoms with Crippen molar-refractivity contribution in [2.75, 3.05) is 54.0 Å². The smallest absolute Gasteiger partial charge is 0.369 e. The van der Waals surface area contributed by atoms with E-state index in [0.29, 0.717) is 12.1 Å². The van der Waals surface area contributed by atoms with Gasteiger partial charge in [0.15, 0.2) is 0 Å². The first-order chi connectivity index (χ1) is 20.3. The lowest BCUT2D eigenvalue weighted by Crippen LogP contribution is -2.48. The van der Waals surface area contributed by atoms with Crippen molar-refractivity contribution in [3.05, 3.63) is 83.4 Å². The van der Waals surface area contributed by atoms with E-state index in [4.69, 9.17) is 0 Å². The Balaban J connectivity index is 1.46. The van der Waals surface area contributed by atoms with Crippen molar-refractivity contribution in [2.24, 2.45) is 0 Å². The van der Waals surface area contributed by atoms with Gasteiger partial charge in [-0.05, 0) is 54.6 Å². The van der Waals surface area contributed by atoms with Gasteiger partial charge in [0.25, 0.3) is 5.91 Å². The molecule has 0 saturated carbocycles. The molecule has 1 N–H and O–H groups in total. The molecule has 238 valence electrons. The molecule has 17 heteroatoms. The third-order valence-corrected chi connectivity index (χ3v) is 10.0. The molecular formula is C27H26F6N4O5S2. The van der Waals surface area contributed by atoms with E-state index >= 15 is 0 Å². The highest BCUT2D eigenvalue weighted by Gasteiger charge is 2.38. The van der Waals surface area contributed by atoms with Gasteiger partial charge in [-0.15, -0.1) is 0 Å². The summed E-state index contributed by atoms with van der Waals surface area (Å²) in [5.74, 6) is -0.647. The maximum absolute atomic E-state index is 13.3. The Labute approximate surface area is 249 Å². The summed E-state index contributed by atoms with van der Waals surface area (Å²) in [5, 5.41) is 2.58. The lowest BCUT2D eigenvalue weighted by Gasteiger charge is -2.36. The minimum atomic E-state index is -5.01. The standard InChI is InChI=1S/C27H26F6N4O5S2/c1-35(43(2,39)40)24-6-4-3-5-23(24)25(38)34-20-7-9-22(10-8-20)44(41,42)37-13-11-36(12-14-37)21-16-18(26(28,29)30)15-19(17-21)27(31,32)33/h3-10,15-17H,11-14H2,1-2H3,(H,34,38). The van der Waals surface area contributed by atoms with Gasteiger partial charge in [0.05, 0.1) is 33.5 Å². The van der Waals surface area contributed by atoms with Crippen LogP contribution in [0.4, 0.5) is 43.4 Å². The minimum absolute atomic E-state index is 0.0309. The largest absolute Gasteiger partial charge is 0.416 e. The molecule has 0 aromatic heterocycles. The van der Waals surface area contributed by atoms with E-state index in [9.17, 15) is 48.0 Å². The van der Waals surface area contributed by atoms with E-state index in [1.807, 2.05) is 0 Å². The summed E-state index contributed by atoms with van der Waals surface area (Å²) >= 11 is 0. The molecule has 1 aliphatic heterocycles. The van der Waals surface area contributed by atoms with Gasteiger partial charge in [0.1, 0.15) is 0 Å². The summed E-state index contributed by atoms with van der Waals surface area (Å²) in [6.07, 6.45) is -9.04. The van der Waals surface area contributed by atoms with Crippen LogP contribution in [-0.2, 0) is 32.4 Å². The predicted molar refractivity (Wildman–Crippen MR) is 152 cm³/mol. The van der Waals surface area contributed by atoms with Crippen LogP contribution in [0.1, 0.15) is 21.5 Å². The average Bonchev–Trinajstić information content (AvgIpc) is 2.95. The number of benzene rings is 3. The quantitative estimate of drug-likeness (QED) is 0.361. The number of carbonyl (C=O) groups excluding carboxylic acids is 1. The summed E-state index contributed by atoms with van der Waals surface area (Å²) in [7, 11) is -6.47. The molecule has 0 spiro atoms. The van der Waals surface area contributed by atoms with E-state index < -0.39 is 49.4 Å². The number of hydrogen-bond acceptors (Lipinski definition) is 6. The van der Waals surface area contributed by atoms with Crippen molar-refractivity contribution in [3.63, 3.8) is 0 Å². The van der Waals surface area contributed by atoms with Gasteiger partial charge in [-0.1, -0.05) is 12.1 Å². The normalized spacial score (nSPS) is 15.2. The number of halogens is 6. The zero-order valence-electron chi connectivity index (χ0n) is 23.1. The van der Waals surface area contributed by atoms with Gasteiger partial charge in [-0.25, -0.2) is 16.8 Å². The van der Waals surface area contributed by atoms with Crippen LogP contribution in [0.25, 0.3) is 0 Å². The Hall–Kier alpha value is -3.83. The van der Waals surface area contributed by atoms with E-state index in [1.165, 1.54) is 48.3 Å². The number of carbonyl (C=O) groups is 1. The van der Waals surface area contributed by atoms with Crippen molar-refractivity contribution >= 4 is 43.0 Å². The molecule has 1 heterocycles. The molecule has 1 aliphatic rings. The van der Waals surface area contributed by atoms with Gasteiger partial charge in [0, 0.05) is 44.6 Å². The van der Waals surface area contributed by atoms with Crippen molar-refractivity contribution in [3.8, 4) is 0 Å². The molecule has 0 atom stereocenters. The molecule has 1 saturated heterocycles. The van der Waals surface area contributed by atoms with Crippen molar-refractivity contribution < 1.29 is 48.0 Å². The zero-order chi connectivity index (χ0) is 32.7. The number of hydrogen-bond donors (Lipinski definition) is 1. The van der Waals surface area contributed by atoms with Gasteiger partial charge < -0.3 is 10.2 Å². The number of rotatable bonds is 7. The second-order valence-electron chi connectivity index (χ2n) is 9.88. The van der Waals surface area contributed by atoms with Crippen LogP contribution in [-0.4, -0.2) is 66.5 Å². The van der Waals surface area contributed by atoms with Crippen LogP contribution in [0.2, 0.25) is 0 Å². The summed E-state index contributed by atoms with van der Waals surface area (Å²) in [5.41, 5.74) is -2.86. The van der Waals surface area contributed by atoms with Gasteiger partial charge in [-0.3, -0.25) is 9.10 Å². The molecule has 1 amide bonds. The Morgan fingerprint density at radius 2 is 1.32 bits per heavy atom. The molecule has 44 heavy (non-hydrogen) atoms. The third-order valence-electron chi connectivity index (χ3n) is 6.91. The third kappa shape index (κ3) is 7.27. The number of nitrogens with one attached hydrogen (secondary N) is 1. The summed E-state index contributed by atoms with van der Waals surface area (Å²) in [6.45, 7) is -0.729. The van der Waals surface area contributed by atoms with Crippen molar-refractivity contribution in [1.82, 2.24) is 4.31 Å². The molecule has 3 aromatic rings. The first-order valence-electron chi connectivity index (χ1n) is 12.8. The summed E-state index contributed by atoms with van der Waals surface area (Å²) < 4.78 is 132. The average molecular weight is 665 g/mol. The Morgan fingerprint density at radius 1 is 0.795 bits per heavy atom. The number of sulfonamides is 2. The molecule has 9 nitrogen and oxygen atoms in total. The van der Waals surface area contributed by atoms with E-state index in [0.717, 1.165) is 14.9 Å². The molecule has 3 aromatic carbocycles. The number of piperazine rings is 1. The highest BCUT2D eigenvalue weighted by Crippen LogP contribution is 2.38. The van der Waals surface area contributed by atoms with E-state index in [-0.39, 0.29) is 59.8 Å². The first-order valence-corrected chi connectivity index (χ1v) is 16.1. The zero-order valence-corrected chi connectivity index (χ0v) is 24.8. The lowest BCUT2D eigenvalue weighted by atomic mass is 10.1. The van der Waals surface area contributed by atoms with Crippen molar-refractivity contribution in [2.45, 2.75) is 17.2 Å². The number of para-hydroxylation sites is 1. The maximum atomic E-state index is 13.3. The molecule has 0 unspecified atom stereocenters. The van der Waals surface area contributed by atoms with Gasteiger partial charge >= 0.3 is 12.4 Å². The molecule has 1 fully saturated rings. The molecule has 0 aliphatic carbocycles. The van der Waals surface area contributed by atoms with Crippen LogP contribution in [0, 0.1) is 0 Å². The topological polar surface area (TPSA) is 107 Å². The monoisotopic (exact) mass is 664 g/mol. The van der Waals surface area contributed by atoms with Crippen LogP contribution in [0.15, 0.2) is 71.6 Å². The second kappa shape index (κ2) is 11.9. The lowest BCUT2D eigenvalue weighted by molar-refractivity contribution is -0.143. The second-order valence-corrected chi connectivity index (χ2v) is 13.8. The fourth-order valence-corrected chi connectivity index (χ4v) is 6.42. The number of nitrogens with zero attached hydrogens (tertiary/aromatic N) is 3. The predicted octanol–water partition coefficient (Wildman–Crippen LogP) is 4.88. The van der Waals surface area contributed by atoms with Gasteiger partial charge in [0.2, 0.25) is 20.0 Å². The fraction of sp³-hybridized carbons (Fsp3) is 0.296. The molecular weight excluding hydrogens is 638 g/mol. The molecule has 4 rings (SSSR count). The highest BCUT2D eigenvalue weighted by molar-refractivity contribution is 7.92. The number of alkyl halides is 6. The highest BCUT2D eigenvalue weighted by atomic mass is 32.2. The maximum Gasteiger partial charge on any atom is 0.416 e. The Morgan fingerprint density at radius 3 is 1.82 bits per heavy atom. The number of anilines is 3. The fourth-order valence-electron chi connectivity index (χ4n) is 4.48. The van der Waals surface area contributed by atoms with Crippen LogP contribution >= 0.6 is 0 Å². The van der Waals surface area contributed by atoms with E-state index in [2.05, 4.69) is 5.32 Å². The van der Waals surface area contributed by atoms with Crippen molar-refractivity contribution in [1.29, 1.82) is 0 Å². The Bertz CT molecular complexity index is 1720. The SMILES string of the molecule is CN(c1ccccc1C(=O)Nc1ccc(S(=O)(=O)N2CCN(c3cc(C(F)(F)F)cc(C(F)(F)F)c3)CC2)cc1)S(C)(=O)=O. The van der Waals surface area contributed by atoms with Crippen LogP contribution < -0.4 is 14.5 Å². The van der Waals surface area contributed by atoms with Crippen LogP contribution in [0.3, 0.4) is 0 Å². The van der Waals surface area contributed by atoms with Gasteiger partial charge in [-0.2, -0.15) is 30.6 Å². The Kier molecular flexibility index (Phi) is 8.97. The van der Waals surface area contributed by atoms with E-state index in [1.54, 1.807) is 12.1 Å². The summed E-state index contributed by atoms with van der Waals surface area (Å²) in [4.78, 5) is 14.0. The first kappa shape index (κ1) is 33.1. The van der Waals surface area contributed by atoms with Crippen LogP contribution in [0.5, 0.6) is 0 Å². The molecule has 0 bridgehead atoms. The minimum Gasteiger partial charge on any atom is -0.369 e.